The molecule has 0 unspecified atom stereocenters. The van der Waals surface area contributed by atoms with Gasteiger partial charge in [0.25, 0.3) is 0 Å². The highest BCUT2D eigenvalue weighted by molar-refractivity contribution is 7.26. The van der Waals surface area contributed by atoms with E-state index in [4.69, 9.17) is 4.42 Å². The fourth-order valence-corrected chi connectivity index (χ4v) is 10.5. The lowest BCUT2D eigenvalue weighted by molar-refractivity contribution is 0.669. The van der Waals surface area contributed by atoms with Crippen LogP contribution < -0.4 is 4.90 Å². The van der Waals surface area contributed by atoms with Crippen LogP contribution >= 0.6 is 11.3 Å². The summed E-state index contributed by atoms with van der Waals surface area (Å²) in [6.45, 7) is 0. The van der Waals surface area contributed by atoms with Crippen molar-refractivity contribution in [3.63, 3.8) is 0 Å². The highest BCUT2D eigenvalue weighted by atomic mass is 32.1. The Morgan fingerprint density at radius 2 is 0.820 bits per heavy atom. The molecular weight excluding hydrogens is 759 g/mol. The summed E-state index contributed by atoms with van der Waals surface area (Å²) in [5, 5.41) is 7.35. The fourth-order valence-electron chi connectivity index (χ4n) is 9.23. The number of nitrogens with zero attached hydrogens (tertiary/aromatic N) is 1. The molecule has 0 saturated heterocycles. The number of furan rings is 1. The molecule has 0 amide bonds. The summed E-state index contributed by atoms with van der Waals surface area (Å²) < 4.78 is 8.98. The Labute approximate surface area is 357 Å². The molecule has 0 atom stereocenters. The van der Waals surface area contributed by atoms with Crippen molar-refractivity contribution in [3.8, 4) is 44.5 Å². The van der Waals surface area contributed by atoms with Crippen LogP contribution in [0.4, 0.5) is 17.1 Å². The van der Waals surface area contributed by atoms with Gasteiger partial charge in [0, 0.05) is 48.0 Å². The molecule has 0 aliphatic carbocycles. The molecule has 0 bridgehead atoms. The van der Waals surface area contributed by atoms with Crippen molar-refractivity contribution >= 4 is 81.3 Å². The molecule has 0 aliphatic heterocycles. The van der Waals surface area contributed by atoms with E-state index in [1.54, 1.807) is 0 Å². The molecule has 61 heavy (non-hydrogen) atoms. The molecule has 2 aromatic heterocycles. The average molecular weight is 796 g/mol. The lowest BCUT2D eigenvalue weighted by atomic mass is 9.96. The first-order chi connectivity index (χ1) is 30.2. The maximum absolute atomic E-state index is 6.33. The number of anilines is 3. The van der Waals surface area contributed by atoms with Gasteiger partial charge in [-0.2, -0.15) is 0 Å². The molecule has 12 aromatic rings. The third-order valence-electron chi connectivity index (χ3n) is 12.0. The van der Waals surface area contributed by atoms with Gasteiger partial charge in [0.05, 0.1) is 0 Å². The summed E-state index contributed by atoms with van der Waals surface area (Å²) in [4.78, 5) is 2.40. The molecule has 0 aliphatic rings. The highest BCUT2D eigenvalue weighted by Gasteiger charge is 2.19. The zero-order chi connectivity index (χ0) is 40.3. The van der Waals surface area contributed by atoms with Gasteiger partial charge < -0.3 is 9.32 Å². The minimum atomic E-state index is 0.891. The van der Waals surface area contributed by atoms with Gasteiger partial charge in [0.1, 0.15) is 11.2 Å². The smallest absolute Gasteiger partial charge is 0.136 e. The second-order valence-corrected chi connectivity index (χ2v) is 16.7. The van der Waals surface area contributed by atoms with Crippen molar-refractivity contribution in [2.75, 3.05) is 4.90 Å². The van der Waals surface area contributed by atoms with Crippen LogP contribution in [-0.2, 0) is 0 Å². The van der Waals surface area contributed by atoms with E-state index in [2.05, 4.69) is 217 Å². The number of rotatable bonds is 7. The molecule has 0 radical (unpaired) electrons. The van der Waals surface area contributed by atoms with E-state index in [-0.39, 0.29) is 0 Å². The fraction of sp³-hybridized carbons (Fsp3) is 0. The quantitative estimate of drug-likeness (QED) is 0.160. The molecule has 286 valence electrons. The molecule has 0 N–H and O–H groups in total. The minimum absolute atomic E-state index is 0.891. The maximum atomic E-state index is 6.33. The number of benzene rings is 10. The predicted octanol–water partition coefficient (Wildman–Crippen LogP) is 17.2. The third-order valence-corrected chi connectivity index (χ3v) is 13.3. The molecule has 0 spiro atoms. The molecule has 0 fully saturated rings. The van der Waals surface area contributed by atoms with Gasteiger partial charge in [0.2, 0.25) is 0 Å². The third kappa shape index (κ3) is 6.09. The van der Waals surface area contributed by atoms with Gasteiger partial charge in [0.15, 0.2) is 0 Å². The maximum Gasteiger partial charge on any atom is 0.136 e. The Morgan fingerprint density at radius 1 is 0.328 bits per heavy atom. The van der Waals surface area contributed by atoms with Crippen molar-refractivity contribution in [3.05, 3.63) is 224 Å². The first-order valence-corrected chi connectivity index (χ1v) is 21.6. The molecule has 12 rings (SSSR count). The van der Waals surface area contributed by atoms with Crippen LogP contribution in [-0.4, -0.2) is 0 Å². The van der Waals surface area contributed by atoms with E-state index in [0.29, 0.717) is 0 Å². The van der Waals surface area contributed by atoms with Crippen molar-refractivity contribution < 1.29 is 4.42 Å². The second kappa shape index (κ2) is 14.5. The van der Waals surface area contributed by atoms with Gasteiger partial charge in [-0.25, -0.2) is 0 Å². The lowest BCUT2D eigenvalue weighted by Crippen LogP contribution is -2.10. The average Bonchev–Trinajstić information content (AvgIpc) is 3.91. The molecule has 2 nitrogen and oxygen atoms in total. The summed E-state index contributed by atoms with van der Waals surface area (Å²) >= 11 is 1.88. The van der Waals surface area contributed by atoms with Gasteiger partial charge in [-0.05, 0) is 116 Å². The number of hydrogen-bond donors (Lipinski definition) is 0. The molecule has 2 heterocycles. The first kappa shape index (κ1) is 35.2. The van der Waals surface area contributed by atoms with Crippen molar-refractivity contribution in [1.82, 2.24) is 0 Å². The number of fused-ring (bicyclic) bond motifs is 7. The minimum Gasteiger partial charge on any atom is -0.456 e. The first-order valence-electron chi connectivity index (χ1n) is 20.7. The van der Waals surface area contributed by atoms with Crippen LogP contribution in [0.1, 0.15) is 0 Å². The van der Waals surface area contributed by atoms with Crippen LogP contribution in [0.25, 0.3) is 97.4 Å². The number of hydrogen-bond acceptors (Lipinski definition) is 3. The van der Waals surface area contributed by atoms with Crippen molar-refractivity contribution in [2.45, 2.75) is 0 Å². The Balaban J connectivity index is 1.01. The Bertz CT molecular complexity index is 3620. The van der Waals surface area contributed by atoms with E-state index in [1.807, 2.05) is 23.5 Å². The lowest BCUT2D eigenvalue weighted by Gasteiger charge is -2.27. The standard InChI is InChI=1S/C58H37NOS/c1-2-24-47-38(14-1)15-11-27-48(47)42-19-9-22-45(36-42)59(46-23-10-20-43(37-46)49-28-13-32-55-57(49)53-26-3-5-31-54(53)60-55)44-21-8-17-40(35-44)39-16-7-18-41(34-39)50-29-12-30-52-51-25-4-6-33-56(51)61-58(50)52/h1-37H. The number of para-hydroxylation sites is 1. The largest absolute Gasteiger partial charge is 0.456 e. The van der Waals surface area contributed by atoms with Crippen LogP contribution in [0, 0.1) is 0 Å². The zero-order valence-corrected chi connectivity index (χ0v) is 33.9. The van der Waals surface area contributed by atoms with Crippen molar-refractivity contribution in [2.24, 2.45) is 0 Å². The van der Waals surface area contributed by atoms with Crippen LogP contribution in [0.2, 0.25) is 0 Å². The van der Waals surface area contributed by atoms with E-state index < -0.39 is 0 Å². The molecule has 0 saturated carbocycles. The van der Waals surface area contributed by atoms with Gasteiger partial charge >= 0.3 is 0 Å². The summed E-state index contributed by atoms with van der Waals surface area (Å²) in [7, 11) is 0. The Morgan fingerprint density at radius 3 is 1.62 bits per heavy atom. The Hall–Kier alpha value is -7.72. The van der Waals surface area contributed by atoms with Crippen LogP contribution in [0.3, 0.4) is 0 Å². The summed E-state index contributed by atoms with van der Waals surface area (Å²) in [5.41, 5.74) is 14.5. The normalized spacial score (nSPS) is 11.6. The highest BCUT2D eigenvalue weighted by Crippen LogP contribution is 2.44. The molecular formula is C58H37NOS. The van der Waals surface area contributed by atoms with E-state index >= 15 is 0 Å². The topological polar surface area (TPSA) is 16.4 Å². The van der Waals surface area contributed by atoms with Gasteiger partial charge in [-0.3, -0.25) is 0 Å². The monoisotopic (exact) mass is 795 g/mol. The van der Waals surface area contributed by atoms with E-state index in [0.717, 1.165) is 55.7 Å². The SMILES string of the molecule is c1cc(-c2cccc(N(c3cccc(-c4cccc5ccccc45)c3)c3cccc(-c4cccc5oc6ccccc6c45)c3)c2)cc(-c2cccc3c2sc2ccccc23)c1. The molecule has 10 aromatic carbocycles. The summed E-state index contributed by atoms with van der Waals surface area (Å²) in [6, 6.07) is 81.2. The van der Waals surface area contributed by atoms with Crippen LogP contribution in [0.15, 0.2) is 229 Å². The van der Waals surface area contributed by atoms with Crippen LogP contribution in [0.5, 0.6) is 0 Å². The predicted molar refractivity (Wildman–Crippen MR) is 261 cm³/mol. The summed E-state index contributed by atoms with van der Waals surface area (Å²) in [5.74, 6) is 0. The molecule has 3 heteroatoms. The van der Waals surface area contributed by atoms with Crippen molar-refractivity contribution in [1.29, 1.82) is 0 Å². The van der Waals surface area contributed by atoms with Gasteiger partial charge in [-0.15, -0.1) is 11.3 Å². The number of thiophene rings is 1. The Kier molecular flexibility index (Phi) is 8.39. The summed E-state index contributed by atoms with van der Waals surface area (Å²) in [6.07, 6.45) is 0. The van der Waals surface area contributed by atoms with Gasteiger partial charge in [-0.1, -0.05) is 164 Å². The zero-order valence-electron chi connectivity index (χ0n) is 33.1. The second-order valence-electron chi connectivity index (χ2n) is 15.7. The van der Waals surface area contributed by atoms with E-state index in [9.17, 15) is 0 Å². The van der Waals surface area contributed by atoms with E-state index in [1.165, 1.54) is 58.8 Å².